The van der Waals surface area contributed by atoms with E-state index in [1.807, 2.05) is 0 Å². The Morgan fingerprint density at radius 2 is 2.05 bits per heavy atom. The largest absolute Gasteiger partial charge is 0.325 e. The molecule has 0 radical (unpaired) electrons. The summed E-state index contributed by atoms with van der Waals surface area (Å²) in [4.78, 5) is 0. The Balaban J connectivity index is 2.43. The molecule has 0 aliphatic heterocycles. The number of nitrogens with zero attached hydrogens (tertiary/aromatic N) is 3. The summed E-state index contributed by atoms with van der Waals surface area (Å²) >= 11 is 6.09. The van der Waals surface area contributed by atoms with Gasteiger partial charge in [0, 0.05) is 23.0 Å². The molecule has 0 saturated carbocycles. The molecule has 1 aromatic carbocycles. The lowest BCUT2D eigenvalue weighted by Crippen LogP contribution is -2.13. The third-order valence-electron chi connectivity index (χ3n) is 3.78. The number of hydrogen-bond acceptors (Lipinski definition) is 3. The monoisotopic (exact) mass is 310 g/mol. The van der Waals surface area contributed by atoms with Gasteiger partial charge in [0.25, 0.3) is 0 Å². The van der Waals surface area contributed by atoms with Crippen molar-refractivity contribution in [1.29, 1.82) is 0 Å². The summed E-state index contributed by atoms with van der Waals surface area (Å²) in [6, 6.07) is 4.67. The smallest absolute Gasteiger partial charge is 0.129 e. The summed E-state index contributed by atoms with van der Waals surface area (Å²) in [6.45, 7) is 4.82. The zero-order valence-corrected chi connectivity index (χ0v) is 13.1. The molecule has 0 bridgehead atoms. The molecule has 2 N–H and O–H groups in total. The van der Waals surface area contributed by atoms with E-state index < -0.39 is 0 Å². The van der Waals surface area contributed by atoms with Crippen molar-refractivity contribution in [3.8, 4) is 0 Å². The second kappa shape index (κ2) is 7.00. The van der Waals surface area contributed by atoms with Crippen molar-refractivity contribution in [3.63, 3.8) is 0 Å². The maximum atomic E-state index is 14.0. The lowest BCUT2D eigenvalue weighted by atomic mass is 9.97. The molecule has 2 aromatic rings. The van der Waals surface area contributed by atoms with Gasteiger partial charge in [-0.15, -0.1) is 5.10 Å². The molecular weight excluding hydrogens is 291 g/mol. The van der Waals surface area contributed by atoms with Crippen molar-refractivity contribution >= 4 is 11.6 Å². The first-order valence-electron chi connectivity index (χ1n) is 7.17. The predicted octanol–water partition coefficient (Wildman–Crippen LogP) is 3.48. The maximum Gasteiger partial charge on any atom is 0.129 e. The van der Waals surface area contributed by atoms with Crippen LogP contribution in [-0.4, -0.2) is 15.0 Å². The number of nitrogens with two attached hydrogens (primary N) is 1. The van der Waals surface area contributed by atoms with Gasteiger partial charge in [-0.05, 0) is 25.0 Å². The van der Waals surface area contributed by atoms with E-state index in [4.69, 9.17) is 17.3 Å². The Hall–Kier alpha value is -1.46. The van der Waals surface area contributed by atoms with Gasteiger partial charge in [0.15, 0.2) is 0 Å². The molecule has 1 heterocycles. The van der Waals surface area contributed by atoms with Gasteiger partial charge < -0.3 is 5.73 Å². The van der Waals surface area contributed by atoms with Gasteiger partial charge in [0.05, 0.1) is 17.9 Å². The number of benzene rings is 1. The molecule has 0 amide bonds. The van der Waals surface area contributed by atoms with Crippen molar-refractivity contribution in [1.82, 2.24) is 15.0 Å². The molecule has 2 rings (SSSR count). The summed E-state index contributed by atoms with van der Waals surface area (Å²) in [6.07, 6.45) is 1.92. The van der Waals surface area contributed by atoms with Crippen LogP contribution in [0.1, 0.15) is 49.6 Å². The molecule has 0 aliphatic rings. The highest BCUT2D eigenvalue weighted by atomic mass is 35.5. The van der Waals surface area contributed by atoms with Crippen LogP contribution in [0.5, 0.6) is 0 Å². The van der Waals surface area contributed by atoms with Crippen molar-refractivity contribution in [2.75, 3.05) is 0 Å². The summed E-state index contributed by atoms with van der Waals surface area (Å²) in [7, 11) is 0. The highest BCUT2D eigenvalue weighted by molar-refractivity contribution is 6.31. The number of aromatic nitrogens is 3. The van der Waals surface area contributed by atoms with Gasteiger partial charge in [-0.3, -0.25) is 0 Å². The van der Waals surface area contributed by atoms with Crippen molar-refractivity contribution in [3.05, 3.63) is 46.0 Å². The fraction of sp³-hybridized carbons (Fsp3) is 0.467. The first-order chi connectivity index (χ1) is 10.1. The quantitative estimate of drug-likeness (QED) is 0.888. The van der Waals surface area contributed by atoms with Gasteiger partial charge in [-0.25, -0.2) is 9.07 Å². The lowest BCUT2D eigenvalue weighted by Gasteiger charge is -2.16. The number of halogens is 2. The highest BCUT2D eigenvalue weighted by Gasteiger charge is 2.20. The average Bonchev–Trinajstić information content (AvgIpc) is 2.87. The van der Waals surface area contributed by atoms with Crippen molar-refractivity contribution in [2.24, 2.45) is 5.73 Å². The first-order valence-corrected chi connectivity index (χ1v) is 7.55. The van der Waals surface area contributed by atoms with Crippen LogP contribution in [0, 0.1) is 5.82 Å². The predicted molar refractivity (Wildman–Crippen MR) is 81.7 cm³/mol. The van der Waals surface area contributed by atoms with Gasteiger partial charge in [-0.2, -0.15) is 0 Å². The van der Waals surface area contributed by atoms with Crippen LogP contribution in [-0.2, 0) is 13.1 Å². The average molecular weight is 311 g/mol. The minimum absolute atomic E-state index is 0.268. The molecular formula is C15H20ClFN4. The van der Waals surface area contributed by atoms with E-state index >= 15 is 0 Å². The van der Waals surface area contributed by atoms with Crippen LogP contribution >= 0.6 is 11.6 Å². The van der Waals surface area contributed by atoms with Crippen LogP contribution in [0.2, 0.25) is 5.02 Å². The first kappa shape index (κ1) is 15.9. The molecule has 0 saturated heterocycles. The van der Waals surface area contributed by atoms with Crippen LogP contribution in [0.4, 0.5) is 4.39 Å². The van der Waals surface area contributed by atoms with Crippen LogP contribution in [0.15, 0.2) is 18.2 Å². The normalized spacial score (nSPS) is 11.3. The SMILES string of the molecule is CCC(CC)c1c(CN)nnn1Cc1c(F)cccc1Cl. The fourth-order valence-electron chi connectivity index (χ4n) is 2.57. The summed E-state index contributed by atoms with van der Waals surface area (Å²) in [5.41, 5.74) is 7.94. The van der Waals surface area contributed by atoms with Crippen LogP contribution in [0.3, 0.4) is 0 Å². The number of hydrogen-bond donors (Lipinski definition) is 1. The summed E-state index contributed by atoms with van der Waals surface area (Å²) in [5.74, 6) is -0.0214. The van der Waals surface area contributed by atoms with Crippen molar-refractivity contribution in [2.45, 2.75) is 45.7 Å². The minimum Gasteiger partial charge on any atom is -0.325 e. The Kier molecular flexibility index (Phi) is 5.31. The topological polar surface area (TPSA) is 56.7 Å². The molecule has 0 spiro atoms. The van der Waals surface area contributed by atoms with E-state index in [1.165, 1.54) is 6.07 Å². The minimum atomic E-state index is -0.331. The third kappa shape index (κ3) is 3.24. The van der Waals surface area contributed by atoms with Crippen LogP contribution < -0.4 is 5.73 Å². The molecule has 6 heteroatoms. The summed E-state index contributed by atoms with van der Waals surface area (Å²) < 4.78 is 15.7. The zero-order valence-electron chi connectivity index (χ0n) is 12.3. The molecule has 0 fully saturated rings. The van der Waals surface area contributed by atoms with E-state index in [0.717, 1.165) is 24.2 Å². The third-order valence-corrected chi connectivity index (χ3v) is 4.14. The second-order valence-corrected chi connectivity index (χ2v) is 5.40. The second-order valence-electron chi connectivity index (χ2n) is 5.00. The molecule has 114 valence electrons. The molecule has 0 aliphatic carbocycles. The fourth-order valence-corrected chi connectivity index (χ4v) is 2.80. The van der Waals surface area contributed by atoms with E-state index in [1.54, 1.807) is 16.8 Å². The van der Waals surface area contributed by atoms with E-state index in [0.29, 0.717) is 23.0 Å². The molecule has 1 aromatic heterocycles. The Bertz CT molecular complexity index is 587. The highest BCUT2D eigenvalue weighted by Crippen LogP contribution is 2.27. The Morgan fingerprint density at radius 3 is 2.62 bits per heavy atom. The maximum absolute atomic E-state index is 14.0. The molecule has 0 unspecified atom stereocenters. The van der Waals surface area contributed by atoms with Gasteiger partial charge in [0.2, 0.25) is 0 Å². The lowest BCUT2D eigenvalue weighted by molar-refractivity contribution is 0.525. The van der Waals surface area contributed by atoms with E-state index in [-0.39, 0.29) is 12.4 Å². The Labute approximate surface area is 129 Å². The molecule has 4 nitrogen and oxygen atoms in total. The van der Waals surface area contributed by atoms with Crippen molar-refractivity contribution < 1.29 is 4.39 Å². The summed E-state index contributed by atoms with van der Waals surface area (Å²) in [5, 5.41) is 8.67. The van der Waals surface area contributed by atoms with Gasteiger partial charge >= 0.3 is 0 Å². The Morgan fingerprint density at radius 1 is 1.33 bits per heavy atom. The van der Waals surface area contributed by atoms with Crippen LogP contribution in [0.25, 0.3) is 0 Å². The molecule has 0 atom stereocenters. The van der Waals surface area contributed by atoms with E-state index in [2.05, 4.69) is 24.2 Å². The standard InChI is InChI=1S/C15H20ClFN4/c1-3-10(4-2)15-14(8-18)19-20-21(15)9-11-12(16)6-5-7-13(11)17/h5-7,10H,3-4,8-9,18H2,1-2H3. The number of rotatable bonds is 6. The van der Waals surface area contributed by atoms with Gasteiger partial charge in [0.1, 0.15) is 5.82 Å². The van der Waals surface area contributed by atoms with E-state index in [9.17, 15) is 4.39 Å². The zero-order chi connectivity index (χ0) is 15.4. The van der Waals surface area contributed by atoms with Gasteiger partial charge in [-0.1, -0.05) is 36.7 Å². The molecule has 21 heavy (non-hydrogen) atoms.